The summed E-state index contributed by atoms with van der Waals surface area (Å²) in [5.41, 5.74) is 2.05. The van der Waals surface area contributed by atoms with Crippen molar-refractivity contribution in [1.29, 1.82) is 0 Å². The molecule has 1 unspecified atom stereocenters. The van der Waals surface area contributed by atoms with Crippen LogP contribution in [0.1, 0.15) is 18.3 Å². The molecule has 0 aliphatic rings. The molecule has 90 valence electrons. The normalized spacial score (nSPS) is 13.1. The van der Waals surface area contributed by atoms with E-state index in [-0.39, 0.29) is 5.88 Å². The van der Waals surface area contributed by atoms with Crippen LogP contribution in [0.2, 0.25) is 0 Å². The summed E-state index contributed by atoms with van der Waals surface area (Å²) in [6, 6.07) is 5.99. The Morgan fingerprint density at radius 1 is 1.50 bits per heavy atom. The van der Waals surface area contributed by atoms with Crippen molar-refractivity contribution in [2.24, 2.45) is 0 Å². The fourth-order valence-electron chi connectivity index (χ4n) is 1.57. The number of aliphatic hydroxyl groups excluding tert-OH is 1. The lowest BCUT2D eigenvalue weighted by Gasteiger charge is -2.22. The molecule has 0 aliphatic heterocycles. The Bertz CT molecular complexity index is 320. The highest BCUT2D eigenvalue weighted by atomic mass is 35.5. The predicted molar refractivity (Wildman–Crippen MR) is 66.7 cm³/mol. The lowest BCUT2D eigenvalue weighted by atomic mass is 10.2. The SMILES string of the molecule is CCN(Cc1cccc(C)n1)CC(O)CCl. The molecule has 16 heavy (non-hydrogen) atoms. The summed E-state index contributed by atoms with van der Waals surface area (Å²) >= 11 is 5.59. The number of alkyl halides is 1. The van der Waals surface area contributed by atoms with Crippen molar-refractivity contribution in [2.45, 2.75) is 26.5 Å². The molecular formula is C12H19ClN2O. The van der Waals surface area contributed by atoms with E-state index >= 15 is 0 Å². The molecule has 0 fully saturated rings. The molecular weight excluding hydrogens is 224 g/mol. The van der Waals surface area contributed by atoms with Crippen LogP contribution < -0.4 is 0 Å². The van der Waals surface area contributed by atoms with Crippen molar-refractivity contribution in [3.8, 4) is 0 Å². The Morgan fingerprint density at radius 2 is 2.25 bits per heavy atom. The quantitative estimate of drug-likeness (QED) is 0.773. The van der Waals surface area contributed by atoms with Crippen molar-refractivity contribution < 1.29 is 5.11 Å². The summed E-state index contributed by atoms with van der Waals surface area (Å²) < 4.78 is 0. The lowest BCUT2D eigenvalue weighted by Crippen LogP contribution is -2.33. The van der Waals surface area contributed by atoms with Gasteiger partial charge in [0.25, 0.3) is 0 Å². The molecule has 1 N–H and O–H groups in total. The number of nitrogens with zero attached hydrogens (tertiary/aromatic N) is 2. The Balaban J connectivity index is 2.56. The van der Waals surface area contributed by atoms with Gasteiger partial charge in [0.2, 0.25) is 0 Å². The van der Waals surface area contributed by atoms with Crippen LogP contribution in [0, 0.1) is 6.92 Å². The second-order valence-electron chi connectivity index (χ2n) is 3.91. The average molecular weight is 243 g/mol. The number of aliphatic hydroxyl groups is 1. The Hall–Kier alpha value is -0.640. The average Bonchev–Trinajstić information content (AvgIpc) is 2.28. The minimum atomic E-state index is -0.466. The highest BCUT2D eigenvalue weighted by Gasteiger charge is 2.10. The van der Waals surface area contributed by atoms with Crippen LogP contribution in [0.3, 0.4) is 0 Å². The maximum absolute atomic E-state index is 9.50. The monoisotopic (exact) mass is 242 g/mol. The molecule has 1 aromatic heterocycles. The maximum atomic E-state index is 9.50. The summed E-state index contributed by atoms with van der Waals surface area (Å²) in [4.78, 5) is 6.57. The molecule has 1 rings (SSSR count). The van der Waals surface area contributed by atoms with Crippen LogP contribution in [0.15, 0.2) is 18.2 Å². The summed E-state index contributed by atoms with van der Waals surface area (Å²) in [7, 11) is 0. The third kappa shape index (κ3) is 4.47. The molecule has 1 atom stereocenters. The molecule has 0 aromatic carbocycles. The van der Waals surface area contributed by atoms with E-state index in [0.29, 0.717) is 6.54 Å². The van der Waals surface area contributed by atoms with E-state index in [9.17, 15) is 5.11 Å². The van der Waals surface area contributed by atoms with Gasteiger partial charge >= 0.3 is 0 Å². The third-order valence-corrected chi connectivity index (χ3v) is 2.78. The van der Waals surface area contributed by atoms with Gasteiger partial charge in [0.15, 0.2) is 0 Å². The van der Waals surface area contributed by atoms with Gasteiger partial charge in [0, 0.05) is 24.7 Å². The van der Waals surface area contributed by atoms with Crippen LogP contribution >= 0.6 is 11.6 Å². The van der Waals surface area contributed by atoms with E-state index < -0.39 is 6.10 Å². The van der Waals surface area contributed by atoms with Gasteiger partial charge in [-0.05, 0) is 25.6 Å². The van der Waals surface area contributed by atoms with Gasteiger partial charge in [-0.15, -0.1) is 11.6 Å². The molecule has 0 amide bonds. The first-order chi connectivity index (χ1) is 7.65. The second-order valence-corrected chi connectivity index (χ2v) is 4.21. The number of likely N-dealkylation sites (N-methyl/N-ethyl adjacent to an activating group) is 1. The number of aromatic nitrogens is 1. The topological polar surface area (TPSA) is 36.4 Å². The number of aryl methyl sites for hydroxylation is 1. The van der Waals surface area contributed by atoms with E-state index in [1.807, 2.05) is 25.1 Å². The zero-order valence-corrected chi connectivity index (χ0v) is 10.6. The van der Waals surface area contributed by atoms with Gasteiger partial charge in [0.1, 0.15) is 0 Å². The predicted octanol–water partition coefficient (Wildman–Crippen LogP) is 1.81. The summed E-state index contributed by atoms with van der Waals surface area (Å²) in [6.07, 6.45) is -0.466. The first-order valence-electron chi connectivity index (χ1n) is 5.54. The van der Waals surface area contributed by atoms with Crippen LogP contribution in [0.25, 0.3) is 0 Å². The number of hydrogen-bond donors (Lipinski definition) is 1. The van der Waals surface area contributed by atoms with Gasteiger partial charge in [-0.25, -0.2) is 0 Å². The Morgan fingerprint density at radius 3 is 2.81 bits per heavy atom. The first kappa shape index (κ1) is 13.4. The van der Waals surface area contributed by atoms with Crippen molar-refractivity contribution in [3.63, 3.8) is 0 Å². The molecule has 0 bridgehead atoms. The minimum absolute atomic E-state index is 0.276. The zero-order valence-electron chi connectivity index (χ0n) is 9.86. The van der Waals surface area contributed by atoms with Crippen LogP contribution in [-0.4, -0.2) is 40.1 Å². The van der Waals surface area contributed by atoms with E-state index in [4.69, 9.17) is 11.6 Å². The third-order valence-electron chi connectivity index (χ3n) is 2.43. The largest absolute Gasteiger partial charge is 0.391 e. The van der Waals surface area contributed by atoms with Gasteiger partial charge in [-0.2, -0.15) is 0 Å². The van der Waals surface area contributed by atoms with Gasteiger partial charge in [-0.3, -0.25) is 9.88 Å². The zero-order chi connectivity index (χ0) is 12.0. The van der Waals surface area contributed by atoms with E-state index in [2.05, 4.69) is 16.8 Å². The van der Waals surface area contributed by atoms with Gasteiger partial charge in [0.05, 0.1) is 11.8 Å². The Labute approximate surface area is 102 Å². The van der Waals surface area contributed by atoms with Gasteiger partial charge in [-0.1, -0.05) is 13.0 Å². The fourth-order valence-corrected chi connectivity index (χ4v) is 1.67. The lowest BCUT2D eigenvalue weighted by molar-refractivity contribution is 0.127. The number of halogens is 1. The van der Waals surface area contributed by atoms with Crippen LogP contribution in [0.4, 0.5) is 0 Å². The summed E-state index contributed by atoms with van der Waals surface area (Å²) in [5.74, 6) is 0.276. The molecule has 3 nitrogen and oxygen atoms in total. The van der Waals surface area contributed by atoms with E-state index in [0.717, 1.165) is 24.5 Å². The smallest absolute Gasteiger partial charge is 0.0802 e. The standard InChI is InChI=1S/C12H19ClN2O/c1-3-15(9-12(16)7-13)8-11-6-4-5-10(2)14-11/h4-6,12,16H,3,7-9H2,1-2H3. The molecule has 0 saturated carbocycles. The van der Waals surface area contributed by atoms with Crippen molar-refractivity contribution in [1.82, 2.24) is 9.88 Å². The van der Waals surface area contributed by atoms with Crippen molar-refractivity contribution in [3.05, 3.63) is 29.6 Å². The molecule has 4 heteroatoms. The summed E-state index contributed by atoms with van der Waals surface area (Å²) in [5, 5.41) is 9.50. The first-order valence-corrected chi connectivity index (χ1v) is 6.08. The molecule has 0 saturated heterocycles. The van der Waals surface area contributed by atoms with E-state index in [1.165, 1.54) is 0 Å². The number of rotatable bonds is 6. The van der Waals surface area contributed by atoms with E-state index in [1.54, 1.807) is 0 Å². The van der Waals surface area contributed by atoms with Gasteiger partial charge < -0.3 is 5.11 Å². The van der Waals surface area contributed by atoms with Crippen LogP contribution in [-0.2, 0) is 6.54 Å². The molecule has 0 spiro atoms. The maximum Gasteiger partial charge on any atom is 0.0802 e. The van der Waals surface area contributed by atoms with Crippen LogP contribution in [0.5, 0.6) is 0 Å². The molecule has 0 radical (unpaired) electrons. The Kier molecular flexibility index (Phi) is 5.74. The minimum Gasteiger partial charge on any atom is -0.391 e. The second kappa shape index (κ2) is 6.84. The summed E-state index contributed by atoms with van der Waals surface area (Å²) in [6.45, 7) is 6.27. The molecule has 0 aliphatic carbocycles. The molecule has 1 heterocycles. The van der Waals surface area contributed by atoms with Crippen molar-refractivity contribution >= 4 is 11.6 Å². The molecule has 1 aromatic rings. The highest BCUT2D eigenvalue weighted by molar-refractivity contribution is 6.18. The fraction of sp³-hybridized carbons (Fsp3) is 0.583. The number of pyridine rings is 1. The highest BCUT2D eigenvalue weighted by Crippen LogP contribution is 2.04. The van der Waals surface area contributed by atoms with Crippen molar-refractivity contribution in [2.75, 3.05) is 19.0 Å². The number of hydrogen-bond acceptors (Lipinski definition) is 3.